The second kappa shape index (κ2) is 22.3. The number of likely N-dealkylation sites (N-methyl/N-ethyl adjacent to an activating group) is 1. The van der Waals surface area contributed by atoms with Gasteiger partial charge in [-0.2, -0.15) is 0 Å². The average Bonchev–Trinajstić information content (AvgIpc) is 2.75. The second-order valence-corrected chi connectivity index (χ2v) is 15.8. The Kier molecular flexibility index (Phi) is 22.5. The first kappa shape index (κ1) is 35.3. The molecule has 0 N–H and O–H groups in total. The zero-order valence-corrected chi connectivity index (χ0v) is 25.9. The molecule has 0 saturated carbocycles. The van der Waals surface area contributed by atoms with Gasteiger partial charge < -0.3 is 23.0 Å². The van der Waals surface area contributed by atoms with Crippen molar-refractivity contribution in [2.24, 2.45) is 0 Å². The Morgan fingerprint density at radius 1 is 0.800 bits per heavy atom. The van der Waals surface area contributed by atoms with Gasteiger partial charge in [0.15, 0.2) is 0 Å². The molecule has 0 aliphatic heterocycles. The van der Waals surface area contributed by atoms with Crippen molar-refractivity contribution in [2.45, 2.75) is 110 Å². The monoisotopic (exact) mass is 556 g/mol. The molecule has 0 radical (unpaired) electrons. The zero-order valence-electron chi connectivity index (χ0n) is 23.3. The standard InChI is InChI=1S/C26H54NO5PS2/c1-6-7-8-9-10-11-12-13-14-15-16-17-18-19-21-29-23-26(32-25(2)28)24-31-33(34,35)30-22-20-27(3,4)5/h26H,6-24H2,1-5H3/p+1/t26-/m1/s1. The van der Waals surface area contributed by atoms with Crippen LogP contribution in [0.15, 0.2) is 0 Å². The molecule has 0 aliphatic rings. The van der Waals surface area contributed by atoms with Crippen molar-refractivity contribution in [3.8, 4) is 0 Å². The van der Waals surface area contributed by atoms with Crippen LogP contribution in [0, 0.1) is 0 Å². The molecule has 0 aromatic heterocycles. The van der Waals surface area contributed by atoms with Crippen LogP contribution in [0.2, 0.25) is 0 Å². The van der Waals surface area contributed by atoms with Gasteiger partial charge >= 0.3 is 5.97 Å². The minimum Gasteiger partial charge on any atom is -0.458 e. The van der Waals surface area contributed by atoms with Gasteiger partial charge in [0.25, 0.3) is 0 Å². The maximum Gasteiger partial charge on any atom is 0.303 e. The van der Waals surface area contributed by atoms with Crippen molar-refractivity contribution in [2.75, 3.05) is 54.1 Å². The number of hydrogen-bond acceptors (Lipinski definition) is 6. The third kappa shape index (κ3) is 27.2. The van der Waals surface area contributed by atoms with Crippen LogP contribution in [0.4, 0.5) is 0 Å². The Bertz CT molecular complexity index is 560. The number of rotatable bonds is 25. The van der Waals surface area contributed by atoms with Gasteiger partial charge in [-0.05, 0) is 18.2 Å². The summed E-state index contributed by atoms with van der Waals surface area (Å²) in [7, 11) is 6.25. The third-order valence-corrected chi connectivity index (χ3v) is 8.03. The molecule has 6 nitrogen and oxygen atoms in total. The van der Waals surface area contributed by atoms with E-state index < -0.39 is 11.8 Å². The zero-order chi connectivity index (χ0) is 26.4. The van der Waals surface area contributed by atoms with E-state index in [0.717, 1.165) is 17.4 Å². The van der Waals surface area contributed by atoms with E-state index >= 15 is 0 Å². The fourth-order valence-electron chi connectivity index (χ4n) is 3.61. The molecular formula is C26H55NO5PS2+. The lowest BCUT2D eigenvalue weighted by molar-refractivity contribution is -0.870. The van der Waals surface area contributed by atoms with Gasteiger partial charge in [-0.15, -0.1) is 0 Å². The van der Waals surface area contributed by atoms with Gasteiger partial charge in [0.1, 0.15) is 19.3 Å². The third-order valence-electron chi connectivity index (χ3n) is 5.72. The number of carbonyl (C=O) groups is 1. The molecule has 0 rings (SSSR count). The van der Waals surface area contributed by atoms with E-state index in [1.807, 2.05) is 0 Å². The van der Waals surface area contributed by atoms with Crippen molar-refractivity contribution in [3.05, 3.63) is 0 Å². The van der Waals surface area contributed by atoms with Crippen LogP contribution in [0.3, 0.4) is 0 Å². The van der Waals surface area contributed by atoms with Gasteiger partial charge in [0.2, 0.25) is 5.69 Å². The van der Waals surface area contributed by atoms with Crippen molar-refractivity contribution >= 4 is 35.7 Å². The Hall–Kier alpha value is 0.310. The number of ether oxygens (including phenoxy) is 2. The fourth-order valence-corrected chi connectivity index (χ4v) is 5.20. The van der Waals surface area contributed by atoms with E-state index in [2.05, 4.69) is 40.3 Å². The van der Waals surface area contributed by atoms with Crippen LogP contribution in [-0.2, 0) is 35.1 Å². The summed E-state index contributed by atoms with van der Waals surface area (Å²) in [5, 5.41) is 0. The number of unbranched alkanes of at least 4 members (excludes halogenated alkanes) is 13. The molecule has 0 fully saturated rings. The summed E-state index contributed by atoms with van der Waals surface area (Å²) in [6.07, 6.45) is 18.1. The maximum absolute atomic E-state index is 11.4. The molecule has 2 atom stereocenters. The highest BCUT2D eigenvalue weighted by Gasteiger charge is 2.20. The molecule has 0 bridgehead atoms. The fraction of sp³-hybridized carbons (Fsp3) is 0.962. The molecule has 0 saturated heterocycles. The summed E-state index contributed by atoms with van der Waals surface area (Å²) in [6, 6.07) is 0. The molecule has 1 unspecified atom stereocenters. The smallest absolute Gasteiger partial charge is 0.303 e. The van der Waals surface area contributed by atoms with Gasteiger partial charge in [-0.3, -0.25) is 4.79 Å². The summed E-state index contributed by atoms with van der Waals surface area (Å²) < 4.78 is 23.2. The van der Waals surface area contributed by atoms with Crippen LogP contribution in [-0.4, -0.2) is 70.7 Å². The number of thiol groups is 1. The largest absolute Gasteiger partial charge is 0.458 e. The van der Waals surface area contributed by atoms with Crippen molar-refractivity contribution < 1.29 is 27.8 Å². The van der Waals surface area contributed by atoms with Gasteiger partial charge in [0.05, 0.1) is 34.4 Å². The first-order valence-electron chi connectivity index (χ1n) is 13.7. The Balaban J connectivity index is 3.77. The van der Waals surface area contributed by atoms with Crippen LogP contribution >= 0.6 is 17.9 Å². The summed E-state index contributed by atoms with van der Waals surface area (Å²) in [5.41, 5.74) is -2.68. The summed E-state index contributed by atoms with van der Waals surface area (Å²) in [4.78, 5) is 11.4. The highest BCUT2D eigenvalue weighted by Crippen LogP contribution is 2.53. The predicted molar refractivity (Wildman–Crippen MR) is 155 cm³/mol. The molecule has 35 heavy (non-hydrogen) atoms. The van der Waals surface area contributed by atoms with E-state index in [4.69, 9.17) is 30.3 Å². The Labute approximate surface area is 227 Å². The van der Waals surface area contributed by atoms with Crippen molar-refractivity contribution in [1.82, 2.24) is 0 Å². The average molecular weight is 557 g/mol. The lowest BCUT2D eigenvalue weighted by Crippen LogP contribution is -2.37. The van der Waals surface area contributed by atoms with Crippen molar-refractivity contribution in [3.63, 3.8) is 0 Å². The molecule has 0 heterocycles. The molecule has 0 spiro atoms. The second-order valence-electron chi connectivity index (χ2n) is 10.5. The number of quaternary nitrogens is 1. The quantitative estimate of drug-likeness (QED) is 0.0418. The minimum atomic E-state index is -2.68. The highest BCUT2D eigenvalue weighted by atomic mass is 32.9. The number of hydrogen-bond donors (Lipinski definition) is 1. The van der Waals surface area contributed by atoms with Gasteiger partial charge in [-0.1, -0.05) is 103 Å². The van der Waals surface area contributed by atoms with E-state index in [9.17, 15) is 4.79 Å². The molecule has 210 valence electrons. The summed E-state index contributed by atoms with van der Waals surface area (Å²) in [5.74, 6) is -0.364. The summed E-state index contributed by atoms with van der Waals surface area (Å²) in [6.45, 7) is 6.01. The molecule has 0 aromatic rings. The molecule has 9 heteroatoms. The van der Waals surface area contributed by atoms with Crippen LogP contribution in [0.25, 0.3) is 0 Å². The molecule has 0 aromatic carbocycles. The molecular weight excluding hydrogens is 501 g/mol. The number of nitrogens with zero attached hydrogens (tertiary/aromatic N) is 1. The molecule has 0 amide bonds. The van der Waals surface area contributed by atoms with Gasteiger partial charge in [-0.25, -0.2) is 0 Å². The Morgan fingerprint density at radius 3 is 1.74 bits per heavy atom. The van der Waals surface area contributed by atoms with Gasteiger partial charge in [0, 0.05) is 13.5 Å². The van der Waals surface area contributed by atoms with Crippen LogP contribution in [0.5, 0.6) is 0 Å². The Morgan fingerprint density at radius 2 is 1.29 bits per heavy atom. The highest BCUT2D eigenvalue weighted by molar-refractivity contribution is 8.60. The lowest BCUT2D eigenvalue weighted by Gasteiger charge is -2.26. The topological polar surface area (TPSA) is 54.0 Å². The first-order chi connectivity index (χ1) is 16.6. The first-order valence-corrected chi connectivity index (χ1v) is 17.5. The minimum absolute atomic E-state index is 0.128. The normalized spacial score (nSPS) is 14.6. The number of esters is 1. The van der Waals surface area contributed by atoms with E-state index in [-0.39, 0.29) is 12.6 Å². The SMILES string of the molecule is CCCCCCCCCCCCCCCCOC[C@H](COP(=S)(S)OCC[N+](C)(C)C)OC(C)=O. The predicted octanol–water partition coefficient (Wildman–Crippen LogP) is 7.31. The van der Waals surface area contributed by atoms with Crippen molar-refractivity contribution in [1.29, 1.82) is 0 Å². The van der Waals surface area contributed by atoms with E-state index in [0.29, 0.717) is 19.8 Å². The maximum atomic E-state index is 11.4. The van der Waals surface area contributed by atoms with E-state index in [1.165, 1.54) is 90.4 Å². The number of carbonyl (C=O) groups excluding carboxylic acids is 1. The van der Waals surface area contributed by atoms with E-state index in [1.54, 1.807) is 0 Å². The van der Waals surface area contributed by atoms with Crippen LogP contribution in [0.1, 0.15) is 104 Å². The summed E-state index contributed by atoms with van der Waals surface area (Å²) >= 11 is 9.74. The van der Waals surface area contributed by atoms with Crippen LogP contribution < -0.4 is 0 Å². The molecule has 0 aliphatic carbocycles. The lowest BCUT2D eigenvalue weighted by atomic mass is 10.0.